The molecule has 1 saturated heterocycles. The molecule has 0 bridgehead atoms. The number of methoxy groups -OCH3 is 1. The first kappa shape index (κ1) is 31.5. The number of nitrogens with one attached hydrogen (secondary N) is 1. The molecule has 0 radical (unpaired) electrons. The predicted octanol–water partition coefficient (Wildman–Crippen LogP) is 5.59. The maximum absolute atomic E-state index is 13.8. The summed E-state index contributed by atoms with van der Waals surface area (Å²) in [6, 6.07) is 20.0. The van der Waals surface area contributed by atoms with Crippen molar-refractivity contribution < 1.29 is 23.9 Å². The summed E-state index contributed by atoms with van der Waals surface area (Å²) in [6.07, 6.45) is 3.02. The van der Waals surface area contributed by atoms with E-state index in [1.807, 2.05) is 43.3 Å². The minimum atomic E-state index is -0.620. The highest BCUT2D eigenvalue weighted by Crippen LogP contribution is 2.46. The fourth-order valence-electron chi connectivity index (χ4n) is 4.68. The highest BCUT2D eigenvalue weighted by molar-refractivity contribution is 8.01. The largest absolute Gasteiger partial charge is 0.493 e. The summed E-state index contributed by atoms with van der Waals surface area (Å²) in [5, 5.41) is 1.91. The smallest absolute Gasteiger partial charge is 0.248 e. The van der Waals surface area contributed by atoms with Crippen LogP contribution in [-0.2, 0) is 16.1 Å². The molecule has 2 atom stereocenters. The third-order valence-corrected chi connectivity index (χ3v) is 8.36. The lowest BCUT2D eigenvalue weighted by Gasteiger charge is -2.24. The molecule has 224 valence electrons. The number of anilines is 1. The van der Waals surface area contributed by atoms with Crippen LogP contribution in [0.3, 0.4) is 0 Å². The first-order valence-electron chi connectivity index (χ1n) is 14.4. The van der Waals surface area contributed by atoms with Gasteiger partial charge < -0.3 is 20.5 Å². The van der Waals surface area contributed by atoms with E-state index in [1.54, 1.807) is 42.3 Å². The number of nitrogens with two attached hydrogens (primary N) is 1. The fraction of sp³-hybridized carbons (Fsp3) is 0.324. The summed E-state index contributed by atoms with van der Waals surface area (Å²) in [6.45, 7) is 4.80. The standard InChI is InChI=1S/C34H37N3O5S/c1-4-6-7-8-10-23-13-16-25(17-14-23)34-37(27-12-9-11-26(20-27)32(35)39)33(40)30(43-34)21-31(38)36-22-24-15-18-28(41-3)29(19-24)42-5-2/h9,11-20,30,34H,4-7,21-22H2,1-3H3,(H2,35,39)(H,36,38)/t30-,34+/m1/s1. The second-order valence-corrected chi connectivity index (χ2v) is 11.3. The van der Waals surface area contributed by atoms with Gasteiger partial charge in [-0.15, -0.1) is 11.8 Å². The number of thioether (sulfide) groups is 1. The molecular weight excluding hydrogens is 562 g/mol. The molecule has 4 rings (SSSR count). The van der Waals surface area contributed by atoms with Gasteiger partial charge in [0, 0.05) is 36.2 Å². The van der Waals surface area contributed by atoms with Crippen LogP contribution in [0.15, 0.2) is 66.7 Å². The van der Waals surface area contributed by atoms with Crippen LogP contribution in [0.5, 0.6) is 11.5 Å². The average molecular weight is 600 g/mol. The SMILES string of the molecule is CCCCC#Cc1ccc([C@@H]2S[C@H](CC(=O)NCc3ccc(OC)c(OCC)c3)C(=O)N2c2cccc(C(N)=O)c2)cc1. The number of unbranched alkanes of at least 4 members (excludes halogenated alkanes) is 2. The number of carbonyl (C=O) groups is 3. The molecule has 3 amide bonds. The van der Waals surface area contributed by atoms with E-state index in [2.05, 4.69) is 24.1 Å². The molecule has 8 nitrogen and oxygen atoms in total. The van der Waals surface area contributed by atoms with Gasteiger partial charge in [0.05, 0.1) is 19.0 Å². The van der Waals surface area contributed by atoms with Gasteiger partial charge in [-0.2, -0.15) is 0 Å². The van der Waals surface area contributed by atoms with E-state index in [1.165, 1.54) is 11.8 Å². The summed E-state index contributed by atoms with van der Waals surface area (Å²) in [5.41, 5.74) is 9.03. The lowest BCUT2D eigenvalue weighted by molar-refractivity contribution is -0.124. The van der Waals surface area contributed by atoms with Crippen molar-refractivity contribution in [2.24, 2.45) is 5.73 Å². The van der Waals surface area contributed by atoms with Crippen LogP contribution in [0.2, 0.25) is 0 Å². The van der Waals surface area contributed by atoms with Crippen molar-refractivity contribution in [2.45, 2.75) is 56.7 Å². The molecule has 1 aliphatic rings. The minimum absolute atomic E-state index is 0.00146. The van der Waals surface area contributed by atoms with E-state index >= 15 is 0 Å². The van der Waals surface area contributed by atoms with Crippen LogP contribution < -0.4 is 25.4 Å². The number of hydrogen-bond donors (Lipinski definition) is 2. The van der Waals surface area contributed by atoms with Gasteiger partial charge in [-0.05, 0) is 66.9 Å². The zero-order chi connectivity index (χ0) is 30.8. The summed E-state index contributed by atoms with van der Waals surface area (Å²) in [5.74, 6) is 6.58. The molecule has 3 aromatic carbocycles. The third kappa shape index (κ3) is 8.11. The van der Waals surface area contributed by atoms with Crippen LogP contribution in [0.4, 0.5) is 5.69 Å². The van der Waals surface area contributed by atoms with Crippen molar-refractivity contribution in [3.8, 4) is 23.3 Å². The Balaban J connectivity index is 1.52. The number of primary amides is 1. The van der Waals surface area contributed by atoms with Gasteiger partial charge in [0.25, 0.3) is 0 Å². The summed E-state index contributed by atoms with van der Waals surface area (Å²) < 4.78 is 11.0. The van der Waals surface area contributed by atoms with Gasteiger partial charge in [0.1, 0.15) is 5.37 Å². The van der Waals surface area contributed by atoms with Gasteiger partial charge in [0.2, 0.25) is 17.7 Å². The van der Waals surface area contributed by atoms with E-state index in [4.69, 9.17) is 15.2 Å². The van der Waals surface area contributed by atoms with Crippen molar-refractivity contribution in [1.29, 1.82) is 0 Å². The molecule has 43 heavy (non-hydrogen) atoms. The number of amides is 3. The molecule has 0 unspecified atom stereocenters. The Kier molecular flexibility index (Phi) is 11.1. The Labute approximate surface area is 257 Å². The van der Waals surface area contributed by atoms with Crippen molar-refractivity contribution in [1.82, 2.24) is 5.32 Å². The summed E-state index contributed by atoms with van der Waals surface area (Å²) in [7, 11) is 1.58. The maximum Gasteiger partial charge on any atom is 0.248 e. The van der Waals surface area contributed by atoms with Crippen LogP contribution >= 0.6 is 11.8 Å². The van der Waals surface area contributed by atoms with Crippen molar-refractivity contribution in [2.75, 3.05) is 18.6 Å². The first-order chi connectivity index (χ1) is 20.8. The molecule has 0 aliphatic carbocycles. The fourth-order valence-corrected chi connectivity index (χ4v) is 6.13. The monoisotopic (exact) mass is 599 g/mol. The Morgan fingerprint density at radius 3 is 2.53 bits per heavy atom. The van der Waals surface area contributed by atoms with E-state index < -0.39 is 16.5 Å². The zero-order valence-electron chi connectivity index (χ0n) is 24.7. The van der Waals surface area contributed by atoms with Crippen LogP contribution in [-0.4, -0.2) is 36.7 Å². The molecule has 0 aromatic heterocycles. The molecular formula is C34H37N3O5S. The maximum atomic E-state index is 13.8. The second-order valence-electron chi connectivity index (χ2n) is 10.0. The van der Waals surface area contributed by atoms with Crippen LogP contribution in [0.25, 0.3) is 0 Å². The second kappa shape index (κ2) is 15.2. The summed E-state index contributed by atoms with van der Waals surface area (Å²) in [4.78, 5) is 40.4. The highest BCUT2D eigenvalue weighted by Gasteiger charge is 2.42. The van der Waals surface area contributed by atoms with E-state index in [-0.39, 0.29) is 24.8 Å². The number of carbonyl (C=O) groups excluding carboxylic acids is 3. The predicted molar refractivity (Wildman–Crippen MR) is 170 cm³/mol. The Hall–Kier alpha value is -4.42. The Morgan fingerprint density at radius 1 is 1.05 bits per heavy atom. The lowest BCUT2D eigenvalue weighted by atomic mass is 10.1. The Morgan fingerprint density at radius 2 is 1.84 bits per heavy atom. The molecule has 3 N–H and O–H groups in total. The summed E-state index contributed by atoms with van der Waals surface area (Å²) >= 11 is 1.41. The number of nitrogens with zero attached hydrogens (tertiary/aromatic N) is 1. The molecule has 1 aliphatic heterocycles. The van der Waals surface area contributed by atoms with Gasteiger partial charge >= 0.3 is 0 Å². The molecule has 9 heteroatoms. The Bertz CT molecular complexity index is 1510. The highest BCUT2D eigenvalue weighted by atomic mass is 32.2. The molecule has 1 fully saturated rings. The van der Waals surface area contributed by atoms with E-state index in [0.717, 1.165) is 36.0 Å². The topological polar surface area (TPSA) is 111 Å². The van der Waals surface area contributed by atoms with Crippen molar-refractivity contribution >= 4 is 35.2 Å². The first-order valence-corrected chi connectivity index (χ1v) is 15.3. The van der Waals surface area contributed by atoms with Gasteiger partial charge in [-0.1, -0.05) is 49.5 Å². The van der Waals surface area contributed by atoms with Crippen LogP contribution in [0.1, 0.15) is 72.0 Å². The van der Waals surface area contributed by atoms with Crippen LogP contribution in [0, 0.1) is 11.8 Å². The van der Waals surface area contributed by atoms with E-state index in [0.29, 0.717) is 29.4 Å². The van der Waals surface area contributed by atoms with Gasteiger partial charge in [-0.25, -0.2) is 0 Å². The normalized spacial score (nSPS) is 15.9. The molecule has 0 spiro atoms. The zero-order valence-corrected chi connectivity index (χ0v) is 25.5. The number of ether oxygens (including phenoxy) is 2. The molecule has 1 heterocycles. The third-order valence-electron chi connectivity index (χ3n) is 6.92. The number of hydrogen-bond acceptors (Lipinski definition) is 6. The van der Waals surface area contributed by atoms with E-state index in [9.17, 15) is 14.4 Å². The lowest BCUT2D eigenvalue weighted by Crippen LogP contribution is -2.34. The van der Waals surface area contributed by atoms with Gasteiger partial charge in [0.15, 0.2) is 11.5 Å². The molecule has 0 saturated carbocycles. The van der Waals surface area contributed by atoms with Gasteiger partial charge in [-0.3, -0.25) is 19.3 Å². The number of benzene rings is 3. The number of rotatable bonds is 12. The quantitative estimate of drug-likeness (QED) is 0.208. The van der Waals surface area contributed by atoms with Crippen molar-refractivity contribution in [3.63, 3.8) is 0 Å². The average Bonchev–Trinajstić information content (AvgIpc) is 3.34. The molecule has 3 aromatic rings. The van der Waals surface area contributed by atoms with Crippen molar-refractivity contribution in [3.05, 3.63) is 89.0 Å². The minimum Gasteiger partial charge on any atom is -0.493 e.